The summed E-state index contributed by atoms with van der Waals surface area (Å²) in [5, 5.41) is 4.43. The summed E-state index contributed by atoms with van der Waals surface area (Å²) in [4.78, 5) is 4.20. The van der Waals surface area contributed by atoms with Crippen molar-refractivity contribution >= 4 is 15.9 Å². The summed E-state index contributed by atoms with van der Waals surface area (Å²) >= 11 is 3.54. The minimum absolute atomic E-state index is 0.438. The van der Waals surface area contributed by atoms with Crippen LogP contribution in [0.4, 0.5) is 0 Å². The van der Waals surface area contributed by atoms with Crippen LogP contribution >= 0.6 is 15.9 Å². The van der Waals surface area contributed by atoms with Gasteiger partial charge in [0, 0.05) is 13.1 Å². The number of hydrogen-bond acceptors (Lipinski definition) is 4. The van der Waals surface area contributed by atoms with Crippen molar-refractivity contribution in [1.82, 2.24) is 14.8 Å². The molecule has 0 saturated carbocycles. The van der Waals surface area contributed by atoms with Crippen molar-refractivity contribution in [3.05, 3.63) is 39.9 Å². The fourth-order valence-corrected chi connectivity index (χ4v) is 2.17. The molecule has 0 fully saturated rings. The van der Waals surface area contributed by atoms with Gasteiger partial charge in [-0.05, 0) is 41.9 Å². The Hall–Kier alpha value is -1.40. The van der Waals surface area contributed by atoms with Crippen molar-refractivity contribution in [1.29, 1.82) is 0 Å². The minimum Gasteiger partial charge on any atom is -0.486 e. The molecule has 2 heterocycles. The van der Waals surface area contributed by atoms with E-state index in [-0.39, 0.29) is 0 Å². The summed E-state index contributed by atoms with van der Waals surface area (Å²) in [5.41, 5.74) is 8.35. The molecule has 2 aromatic rings. The highest BCUT2D eigenvalue weighted by molar-refractivity contribution is 9.10. The second-order valence-corrected chi connectivity index (χ2v) is 4.93. The first-order valence-electron chi connectivity index (χ1n) is 6.15. The Labute approximate surface area is 120 Å². The molecule has 6 heteroatoms. The number of ether oxygens (including phenoxy) is 1. The van der Waals surface area contributed by atoms with Gasteiger partial charge in [0.15, 0.2) is 0 Å². The molecule has 0 aliphatic rings. The Bertz CT molecular complexity index is 551. The van der Waals surface area contributed by atoms with Crippen LogP contribution in [0, 0.1) is 6.92 Å². The molecule has 0 spiro atoms. The molecule has 0 aliphatic heterocycles. The third kappa shape index (κ3) is 3.13. The van der Waals surface area contributed by atoms with E-state index in [0.717, 1.165) is 33.8 Å². The van der Waals surface area contributed by atoms with Crippen LogP contribution in [0.25, 0.3) is 0 Å². The summed E-state index contributed by atoms with van der Waals surface area (Å²) in [7, 11) is 0. The van der Waals surface area contributed by atoms with Crippen molar-refractivity contribution in [2.75, 3.05) is 0 Å². The molecule has 0 unspecified atom stereocenters. The molecule has 2 N–H and O–H groups in total. The maximum Gasteiger partial charge on any atom is 0.138 e. The van der Waals surface area contributed by atoms with Gasteiger partial charge >= 0.3 is 0 Å². The molecule has 102 valence electrons. The Kier molecular flexibility index (Phi) is 4.55. The van der Waals surface area contributed by atoms with Gasteiger partial charge in [0.25, 0.3) is 0 Å². The van der Waals surface area contributed by atoms with Crippen LogP contribution < -0.4 is 10.5 Å². The number of nitrogens with two attached hydrogens (primary N) is 1. The molecule has 2 aromatic heterocycles. The van der Waals surface area contributed by atoms with E-state index in [4.69, 9.17) is 10.5 Å². The summed E-state index contributed by atoms with van der Waals surface area (Å²) in [5.74, 6) is 0.727. The van der Waals surface area contributed by atoms with Gasteiger partial charge in [-0.1, -0.05) is 0 Å². The average molecular weight is 325 g/mol. The van der Waals surface area contributed by atoms with Crippen LogP contribution in [0.1, 0.15) is 24.0 Å². The zero-order valence-electron chi connectivity index (χ0n) is 11.1. The van der Waals surface area contributed by atoms with Crippen molar-refractivity contribution in [2.45, 2.75) is 33.5 Å². The van der Waals surface area contributed by atoms with Crippen molar-refractivity contribution < 1.29 is 4.74 Å². The first-order valence-corrected chi connectivity index (χ1v) is 6.94. The highest BCUT2D eigenvalue weighted by Gasteiger charge is 2.12. The Morgan fingerprint density at radius 2 is 2.21 bits per heavy atom. The second kappa shape index (κ2) is 6.16. The summed E-state index contributed by atoms with van der Waals surface area (Å²) in [6, 6.07) is 3.75. The van der Waals surface area contributed by atoms with E-state index in [2.05, 4.69) is 32.9 Å². The molecule has 0 radical (unpaired) electrons. The van der Waals surface area contributed by atoms with Gasteiger partial charge in [-0.15, -0.1) is 0 Å². The third-order valence-electron chi connectivity index (χ3n) is 2.84. The van der Waals surface area contributed by atoms with E-state index in [1.807, 2.05) is 23.7 Å². The molecule has 0 amide bonds. The van der Waals surface area contributed by atoms with Gasteiger partial charge in [0.1, 0.15) is 12.4 Å². The largest absolute Gasteiger partial charge is 0.486 e. The summed E-state index contributed by atoms with van der Waals surface area (Å²) in [6.07, 6.45) is 1.69. The maximum absolute atomic E-state index is 5.73. The number of pyridine rings is 1. The van der Waals surface area contributed by atoms with Crippen molar-refractivity contribution in [2.24, 2.45) is 5.73 Å². The van der Waals surface area contributed by atoms with E-state index >= 15 is 0 Å². The lowest BCUT2D eigenvalue weighted by Gasteiger charge is -2.08. The first-order chi connectivity index (χ1) is 9.15. The van der Waals surface area contributed by atoms with Crippen LogP contribution in [0.15, 0.2) is 22.8 Å². The van der Waals surface area contributed by atoms with E-state index < -0.39 is 0 Å². The number of rotatable bonds is 5. The summed E-state index contributed by atoms with van der Waals surface area (Å²) in [6.45, 7) is 5.74. The predicted octanol–water partition coefficient (Wildman–Crippen LogP) is 2.41. The monoisotopic (exact) mass is 324 g/mol. The highest BCUT2D eigenvalue weighted by Crippen LogP contribution is 2.22. The molecular weight excluding hydrogens is 308 g/mol. The van der Waals surface area contributed by atoms with Gasteiger partial charge in [0.2, 0.25) is 0 Å². The minimum atomic E-state index is 0.438. The Morgan fingerprint density at radius 1 is 1.42 bits per heavy atom. The van der Waals surface area contributed by atoms with Crippen LogP contribution in [0.5, 0.6) is 5.75 Å². The lowest BCUT2D eigenvalue weighted by atomic mass is 10.3. The molecule has 0 saturated heterocycles. The van der Waals surface area contributed by atoms with Gasteiger partial charge in [-0.3, -0.25) is 9.67 Å². The van der Waals surface area contributed by atoms with E-state index in [9.17, 15) is 0 Å². The second-order valence-electron chi connectivity index (χ2n) is 4.14. The molecule has 2 rings (SSSR count). The lowest BCUT2D eigenvalue weighted by Crippen LogP contribution is -2.07. The van der Waals surface area contributed by atoms with Crippen molar-refractivity contribution in [3.8, 4) is 5.75 Å². The molecule has 0 bridgehead atoms. The SMILES string of the molecule is CCn1nc(C)c(Br)c1COc1ccc(CN)nc1. The van der Waals surface area contributed by atoms with E-state index in [0.29, 0.717) is 13.2 Å². The number of nitrogens with zero attached hydrogens (tertiary/aromatic N) is 3. The van der Waals surface area contributed by atoms with E-state index in [1.54, 1.807) is 6.20 Å². The van der Waals surface area contributed by atoms with Gasteiger partial charge in [0.05, 0.1) is 27.8 Å². The molecule has 0 atom stereocenters. The van der Waals surface area contributed by atoms with Crippen LogP contribution in [-0.2, 0) is 19.7 Å². The molecule has 0 aliphatic carbocycles. The molecule has 0 aromatic carbocycles. The quantitative estimate of drug-likeness (QED) is 0.917. The Morgan fingerprint density at radius 3 is 2.79 bits per heavy atom. The predicted molar refractivity (Wildman–Crippen MR) is 76.8 cm³/mol. The Balaban J connectivity index is 2.09. The summed E-state index contributed by atoms with van der Waals surface area (Å²) < 4.78 is 8.67. The van der Waals surface area contributed by atoms with Gasteiger partial charge in [-0.2, -0.15) is 5.10 Å². The number of halogens is 1. The number of aromatic nitrogens is 3. The zero-order chi connectivity index (χ0) is 13.8. The topological polar surface area (TPSA) is 66.0 Å². The third-order valence-corrected chi connectivity index (χ3v) is 3.87. The number of hydrogen-bond donors (Lipinski definition) is 1. The standard InChI is InChI=1S/C13H17BrN4O/c1-3-18-12(13(14)9(2)17-18)8-19-11-5-4-10(6-15)16-7-11/h4-5,7H,3,6,8,15H2,1-2H3. The van der Waals surface area contributed by atoms with Crippen LogP contribution in [-0.4, -0.2) is 14.8 Å². The normalized spacial score (nSPS) is 10.7. The number of aryl methyl sites for hydroxylation is 2. The van der Waals surface area contributed by atoms with Crippen LogP contribution in [0.3, 0.4) is 0 Å². The van der Waals surface area contributed by atoms with Crippen LogP contribution in [0.2, 0.25) is 0 Å². The molecular formula is C13H17BrN4O. The lowest BCUT2D eigenvalue weighted by molar-refractivity contribution is 0.290. The maximum atomic E-state index is 5.73. The van der Waals surface area contributed by atoms with E-state index in [1.165, 1.54) is 0 Å². The van der Waals surface area contributed by atoms with Gasteiger partial charge < -0.3 is 10.5 Å². The fraction of sp³-hybridized carbons (Fsp3) is 0.385. The first kappa shape index (κ1) is 14.0. The van der Waals surface area contributed by atoms with Crippen molar-refractivity contribution in [3.63, 3.8) is 0 Å². The highest BCUT2D eigenvalue weighted by atomic mass is 79.9. The fourth-order valence-electron chi connectivity index (χ4n) is 1.78. The zero-order valence-corrected chi connectivity index (χ0v) is 12.6. The molecule has 5 nitrogen and oxygen atoms in total. The average Bonchev–Trinajstić information content (AvgIpc) is 2.72. The van der Waals surface area contributed by atoms with Gasteiger partial charge in [-0.25, -0.2) is 0 Å². The smallest absolute Gasteiger partial charge is 0.138 e. The molecule has 19 heavy (non-hydrogen) atoms.